The lowest BCUT2D eigenvalue weighted by atomic mass is 9.87. The van der Waals surface area contributed by atoms with Crippen molar-refractivity contribution < 1.29 is 5.11 Å². The second-order valence-corrected chi connectivity index (χ2v) is 7.44. The highest BCUT2D eigenvalue weighted by Gasteiger charge is 2.28. The average molecular weight is 423 g/mol. The minimum Gasteiger partial charge on any atom is -0.388 e. The van der Waals surface area contributed by atoms with Crippen LogP contribution in [0.25, 0.3) is 11.0 Å². The maximum absolute atomic E-state index is 10.7. The van der Waals surface area contributed by atoms with E-state index in [1.165, 1.54) is 0 Å². The van der Waals surface area contributed by atoms with E-state index in [-0.39, 0.29) is 5.92 Å². The molecule has 4 rings (SSSR count). The van der Waals surface area contributed by atoms with Crippen molar-refractivity contribution in [3.05, 3.63) is 45.8 Å². The molecule has 1 unspecified atom stereocenters. The molecule has 2 aromatic heterocycles. The molecule has 1 aromatic carbocycles. The number of hydrogen-bond donors (Lipinski definition) is 2. The minimum absolute atomic E-state index is 0.225. The Hall–Kier alpha value is -1.70. The summed E-state index contributed by atoms with van der Waals surface area (Å²) in [6.07, 6.45) is 2.87. The topological polar surface area (TPSA) is 77.9 Å². The van der Waals surface area contributed by atoms with Gasteiger partial charge >= 0.3 is 0 Å². The highest BCUT2D eigenvalue weighted by atomic mass is 79.9. The van der Waals surface area contributed by atoms with Crippen LogP contribution in [0.2, 0.25) is 5.02 Å². The number of fused-ring (bicyclic) bond motifs is 1. The van der Waals surface area contributed by atoms with Crippen LogP contribution < -0.4 is 4.90 Å². The van der Waals surface area contributed by atoms with Gasteiger partial charge in [-0.3, -0.25) is 5.10 Å². The number of aromatic amines is 1. The Kier molecular flexibility index (Phi) is 4.62. The SMILES string of the molecule is OC(c1ccc(Cl)cc1)C1CCN(c2ncnc3[nH]nc(Br)c23)CC1. The smallest absolute Gasteiger partial charge is 0.161 e. The highest BCUT2D eigenvalue weighted by Crippen LogP contribution is 2.35. The first-order valence-electron chi connectivity index (χ1n) is 8.16. The van der Waals surface area contributed by atoms with E-state index in [1.54, 1.807) is 6.33 Å². The van der Waals surface area contributed by atoms with Gasteiger partial charge in [0.25, 0.3) is 0 Å². The first-order chi connectivity index (χ1) is 12.1. The molecule has 1 atom stereocenters. The third-order valence-corrected chi connectivity index (χ3v) is 5.62. The molecule has 3 heterocycles. The maximum Gasteiger partial charge on any atom is 0.161 e. The number of nitrogens with one attached hydrogen (secondary N) is 1. The number of H-pyrrole nitrogens is 1. The van der Waals surface area contributed by atoms with Crippen LogP contribution in [0, 0.1) is 5.92 Å². The minimum atomic E-state index is -0.467. The third kappa shape index (κ3) is 3.23. The van der Waals surface area contributed by atoms with E-state index in [0.717, 1.165) is 52.9 Å². The van der Waals surface area contributed by atoms with Gasteiger partial charge in [-0.15, -0.1) is 0 Å². The van der Waals surface area contributed by atoms with Crippen molar-refractivity contribution in [1.82, 2.24) is 20.2 Å². The number of halogens is 2. The van der Waals surface area contributed by atoms with Crippen LogP contribution in [-0.2, 0) is 0 Å². The van der Waals surface area contributed by atoms with E-state index in [0.29, 0.717) is 5.02 Å². The molecule has 1 aliphatic heterocycles. The molecule has 130 valence electrons. The number of benzene rings is 1. The Labute approximate surface area is 158 Å². The van der Waals surface area contributed by atoms with Crippen molar-refractivity contribution in [1.29, 1.82) is 0 Å². The van der Waals surface area contributed by atoms with Gasteiger partial charge < -0.3 is 10.0 Å². The molecule has 8 heteroatoms. The lowest BCUT2D eigenvalue weighted by Crippen LogP contribution is -2.36. The predicted octanol–water partition coefficient (Wildman–Crippen LogP) is 3.72. The number of aromatic nitrogens is 4. The molecule has 25 heavy (non-hydrogen) atoms. The molecule has 1 saturated heterocycles. The van der Waals surface area contributed by atoms with Crippen molar-refractivity contribution in [2.24, 2.45) is 5.92 Å². The Morgan fingerprint density at radius 3 is 2.64 bits per heavy atom. The van der Waals surface area contributed by atoms with E-state index in [1.807, 2.05) is 24.3 Å². The summed E-state index contributed by atoms with van der Waals surface area (Å²) < 4.78 is 0.724. The van der Waals surface area contributed by atoms with Crippen molar-refractivity contribution >= 4 is 44.4 Å². The molecule has 0 spiro atoms. The van der Waals surface area contributed by atoms with E-state index >= 15 is 0 Å². The molecule has 1 aliphatic rings. The van der Waals surface area contributed by atoms with Crippen molar-refractivity contribution in [2.45, 2.75) is 18.9 Å². The van der Waals surface area contributed by atoms with Gasteiger partial charge in [0.2, 0.25) is 0 Å². The van der Waals surface area contributed by atoms with Crippen LogP contribution in [-0.4, -0.2) is 38.4 Å². The standard InChI is InChI=1S/C17H17BrClN5O/c18-15-13-16(23-22-15)20-9-21-17(13)24-7-5-11(6-8-24)14(25)10-1-3-12(19)4-2-10/h1-4,9,11,14,25H,5-8H2,(H,20,21,22,23). The van der Waals surface area contributed by atoms with E-state index in [4.69, 9.17) is 11.6 Å². The van der Waals surface area contributed by atoms with E-state index in [9.17, 15) is 5.11 Å². The predicted molar refractivity (Wildman–Crippen MR) is 101 cm³/mol. The van der Waals surface area contributed by atoms with E-state index in [2.05, 4.69) is 41.0 Å². The fraction of sp³-hybridized carbons (Fsp3) is 0.353. The van der Waals surface area contributed by atoms with Crippen LogP contribution in [0.15, 0.2) is 35.2 Å². The van der Waals surface area contributed by atoms with Crippen molar-refractivity contribution in [3.8, 4) is 0 Å². The number of aliphatic hydroxyl groups excluding tert-OH is 1. The largest absolute Gasteiger partial charge is 0.388 e. The number of nitrogens with zero attached hydrogens (tertiary/aromatic N) is 4. The molecule has 0 aliphatic carbocycles. The van der Waals surface area contributed by atoms with Crippen LogP contribution in [0.1, 0.15) is 24.5 Å². The normalized spacial score (nSPS) is 17.2. The lowest BCUT2D eigenvalue weighted by Gasteiger charge is -2.35. The molecule has 0 radical (unpaired) electrons. The van der Waals surface area contributed by atoms with Gasteiger partial charge in [-0.25, -0.2) is 9.97 Å². The zero-order chi connectivity index (χ0) is 17.4. The fourth-order valence-corrected chi connectivity index (χ4v) is 3.99. The summed E-state index contributed by atoms with van der Waals surface area (Å²) in [5.74, 6) is 1.10. The molecular formula is C17H17BrClN5O. The summed E-state index contributed by atoms with van der Waals surface area (Å²) in [5, 5.41) is 19.3. The van der Waals surface area contributed by atoms with Gasteiger partial charge in [0.1, 0.15) is 16.7 Å². The van der Waals surface area contributed by atoms with Gasteiger partial charge in [-0.1, -0.05) is 23.7 Å². The van der Waals surface area contributed by atoms with Crippen LogP contribution in [0.4, 0.5) is 5.82 Å². The maximum atomic E-state index is 10.7. The summed E-state index contributed by atoms with van der Waals surface area (Å²) in [5.41, 5.74) is 1.64. The summed E-state index contributed by atoms with van der Waals surface area (Å²) in [4.78, 5) is 10.9. The van der Waals surface area contributed by atoms with Crippen LogP contribution in [0.5, 0.6) is 0 Å². The molecule has 2 N–H and O–H groups in total. The second-order valence-electron chi connectivity index (χ2n) is 6.26. The summed E-state index contributed by atoms with van der Waals surface area (Å²) in [6.45, 7) is 1.66. The Morgan fingerprint density at radius 2 is 1.92 bits per heavy atom. The molecule has 3 aromatic rings. The zero-order valence-corrected chi connectivity index (χ0v) is 15.7. The van der Waals surface area contributed by atoms with Gasteiger partial charge in [0.15, 0.2) is 5.65 Å². The first-order valence-corrected chi connectivity index (χ1v) is 9.33. The lowest BCUT2D eigenvalue weighted by molar-refractivity contribution is 0.0929. The molecule has 0 saturated carbocycles. The van der Waals surface area contributed by atoms with Crippen molar-refractivity contribution in [3.63, 3.8) is 0 Å². The number of rotatable bonds is 3. The summed E-state index contributed by atoms with van der Waals surface area (Å²) in [7, 11) is 0. The van der Waals surface area contributed by atoms with Gasteiger partial charge in [-0.2, -0.15) is 5.10 Å². The number of piperidine rings is 1. The quantitative estimate of drug-likeness (QED) is 0.672. The summed E-state index contributed by atoms with van der Waals surface area (Å²) >= 11 is 9.38. The van der Waals surface area contributed by atoms with Gasteiger partial charge in [-0.05, 0) is 52.4 Å². The summed E-state index contributed by atoms with van der Waals surface area (Å²) in [6, 6.07) is 7.44. The number of aliphatic hydroxyl groups is 1. The van der Waals surface area contributed by atoms with Crippen LogP contribution in [0.3, 0.4) is 0 Å². The fourth-order valence-electron chi connectivity index (χ4n) is 3.41. The average Bonchev–Trinajstić information content (AvgIpc) is 3.03. The van der Waals surface area contributed by atoms with Gasteiger partial charge in [0, 0.05) is 18.1 Å². The molecule has 1 fully saturated rings. The van der Waals surface area contributed by atoms with Crippen LogP contribution >= 0.6 is 27.5 Å². The second kappa shape index (κ2) is 6.90. The van der Waals surface area contributed by atoms with Gasteiger partial charge in [0.05, 0.1) is 11.5 Å². The Bertz CT molecular complexity index is 876. The van der Waals surface area contributed by atoms with Crippen molar-refractivity contribution in [2.75, 3.05) is 18.0 Å². The number of hydrogen-bond acceptors (Lipinski definition) is 5. The molecule has 0 amide bonds. The first kappa shape index (κ1) is 16.8. The monoisotopic (exact) mass is 421 g/mol. The highest BCUT2D eigenvalue weighted by molar-refractivity contribution is 9.10. The zero-order valence-electron chi connectivity index (χ0n) is 13.4. The molecule has 6 nitrogen and oxygen atoms in total. The molecule has 0 bridgehead atoms. The number of anilines is 1. The Morgan fingerprint density at radius 1 is 1.20 bits per heavy atom. The Balaban J connectivity index is 1.49. The third-order valence-electron chi connectivity index (χ3n) is 4.79. The van der Waals surface area contributed by atoms with E-state index < -0.39 is 6.10 Å². The molecular weight excluding hydrogens is 406 g/mol.